The van der Waals surface area contributed by atoms with Crippen molar-refractivity contribution in [1.29, 1.82) is 0 Å². The summed E-state index contributed by atoms with van der Waals surface area (Å²) in [5.74, 6) is -0.0775. The van der Waals surface area contributed by atoms with E-state index in [9.17, 15) is 23.1 Å². The van der Waals surface area contributed by atoms with Crippen LogP contribution in [0.5, 0.6) is 17.2 Å². The van der Waals surface area contributed by atoms with Crippen LogP contribution in [0.3, 0.4) is 0 Å². The molecule has 37 heavy (non-hydrogen) atoms. The van der Waals surface area contributed by atoms with E-state index in [2.05, 4.69) is 0 Å². The first-order valence-electron chi connectivity index (χ1n) is 11.2. The van der Waals surface area contributed by atoms with E-state index < -0.39 is 23.8 Å². The number of hydrogen-bond acceptors (Lipinski definition) is 4. The molecule has 0 aliphatic rings. The molecule has 0 N–H and O–H groups in total. The number of carbonyl (C=O) groups excluding carboxylic acids is 1. The van der Waals surface area contributed by atoms with Crippen LogP contribution in [-0.2, 0) is 17.5 Å². The van der Waals surface area contributed by atoms with Crippen molar-refractivity contribution in [2.45, 2.75) is 39.1 Å². The number of carbonyl (C=O) groups is 1. The molecule has 4 rings (SSSR count). The molecule has 1 atom stereocenters. The minimum atomic E-state index is -4.51. The van der Waals surface area contributed by atoms with Gasteiger partial charge in [0.1, 0.15) is 17.6 Å². The maximum absolute atomic E-state index is 13.5. The van der Waals surface area contributed by atoms with E-state index >= 15 is 0 Å². The standard InChI is InChI=1S/C27H23ClF3NO4.Na/c1-3-24(26(33)34)35-21-6-4-5-17(13-21)15-32-16(2)25(36-20-10-8-19(28)9-11-20)22-12-7-18(14-23(22)32)27(29,30)31;/h4-14,24H,3,15H2,1-2H3,(H,33,34);/q;+1/p-1. The average Bonchev–Trinajstić information content (AvgIpc) is 3.08. The van der Waals surface area contributed by atoms with Crippen molar-refractivity contribution in [2.75, 3.05) is 0 Å². The summed E-state index contributed by atoms with van der Waals surface area (Å²) in [5, 5.41) is 12.3. The summed E-state index contributed by atoms with van der Waals surface area (Å²) in [6.07, 6.45) is -5.40. The Morgan fingerprint density at radius 3 is 2.38 bits per heavy atom. The molecule has 0 amide bonds. The first-order valence-corrected chi connectivity index (χ1v) is 11.5. The van der Waals surface area contributed by atoms with Crippen molar-refractivity contribution < 1.29 is 62.1 Å². The van der Waals surface area contributed by atoms with Crippen LogP contribution in [0.25, 0.3) is 10.9 Å². The summed E-state index contributed by atoms with van der Waals surface area (Å²) in [4.78, 5) is 11.2. The molecule has 1 unspecified atom stereocenters. The Morgan fingerprint density at radius 1 is 1.05 bits per heavy atom. The predicted molar refractivity (Wildman–Crippen MR) is 128 cm³/mol. The van der Waals surface area contributed by atoms with Crippen molar-refractivity contribution >= 4 is 28.5 Å². The van der Waals surface area contributed by atoms with Gasteiger partial charge in [-0.1, -0.05) is 30.7 Å². The van der Waals surface area contributed by atoms with E-state index in [0.29, 0.717) is 44.4 Å². The number of benzene rings is 3. The van der Waals surface area contributed by atoms with E-state index in [1.165, 1.54) is 6.07 Å². The number of carboxylic acids is 1. The van der Waals surface area contributed by atoms with Crippen LogP contribution in [0.2, 0.25) is 5.02 Å². The van der Waals surface area contributed by atoms with Gasteiger partial charge in [0.2, 0.25) is 0 Å². The first kappa shape index (κ1) is 28.9. The van der Waals surface area contributed by atoms with Crippen LogP contribution >= 0.6 is 11.6 Å². The fourth-order valence-electron chi connectivity index (χ4n) is 3.94. The molecular formula is C27H22ClF3NNaO4. The third-order valence-corrected chi connectivity index (χ3v) is 6.03. The molecule has 5 nitrogen and oxygen atoms in total. The van der Waals surface area contributed by atoms with Gasteiger partial charge in [0.15, 0.2) is 5.75 Å². The minimum Gasteiger partial charge on any atom is -0.546 e. The van der Waals surface area contributed by atoms with Crippen LogP contribution in [-0.4, -0.2) is 16.6 Å². The molecule has 0 radical (unpaired) electrons. The molecule has 0 aliphatic carbocycles. The Morgan fingerprint density at radius 2 is 1.76 bits per heavy atom. The van der Waals surface area contributed by atoms with Crippen molar-refractivity contribution in [3.63, 3.8) is 0 Å². The smallest absolute Gasteiger partial charge is 0.546 e. The molecule has 0 aliphatic heterocycles. The van der Waals surface area contributed by atoms with Gasteiger partial charge < -0.3 is 23.9 Å². The molecule has 0 saturated carbocycles. The first-order chi connectivity index (χ1) is 17.1. The van der Waals surface area contributed by atoms with Crippen molar-refractivity contribution in [2.24, 2.45) is 0 Å². The van der Waals surface area contributed by atoms with Crippen molar-refractivity contribution in [1.82, 2.24) is 4.57 Å². The average molecular weight is 540 g/mol. The van der Waals surface area contributed by atoms with Gasteiger partial charge in [-0.05, 0) is 73.5 Å². The molecule has 4 aromatic rings. The second-order valence-corrected chi connectivity index (χ2v) is 8.70. The molecule has 1 heterocycles. The SMILES string of the molecule is CCC(Oc1cccc(Cn2c(C)c(Oc3ccc(Cl)cc3)c3ccc(C(F)(F)F)cc32)c1)C(=O)[O-].[Na+]. The fraction of sp³-hybridized carbons (Fsp3) is 0.222. The molecule has 0 fully saturated rings. The summed E-state index contributed by atoms with van der Waals surface area (Å²) >= 11 is 5.95. The number of aliphatic carboxylic acids is 1. The van der Waals surface area contributed by atoms with Gasteiger partial charge in [-0.3, -0.25) is 0 Å². The van der Waals surface area contributed by atoms with Crippen LogP contribution in [0, 0.1) is 6.92 Å². The Labute approximate surface area is 239 Å². The number of nitrogens with zero attached hydrogens (tertiary/aromatic N) is 1. The summed E-state index contributed by atoms with van der Waals surface area (Å²) in [5.41, 5.74) is 0.894. The number of rotatable bonds is 8. The largest absolute Gasteiger partial charge is 1.00 e. The van der Waals surface area contributed by atoms with Gasteiger partial charge in [0.05, 0.1) is 22.7 Å². The predicted octanol–water partition coefficient (Wildman–Crippen LogP) is 3.37. The van der Waals surface area contributed by atoms with Gasteiger partial charge in [-0.25, -0.2) is 0 Å². The Kier molecular flexibility index (Phi) is 9.23. The summed E-state index contributed by atoms with van der Waals surface area (Å²) in [6, 6.07) is 17.0. The van der Waals surface area contributed by atoms with Gasteiger partial charge in [0.25, 0.3) is 0 Å². The summed E-state index contributed by atoms with van der Waals surface area (Å²) < 4.78 is 53.9. The quantitative estimate of drug-likeness (QED) is 0.322. The van der Waals surface area contributed by atoms with Gasteiger partial charge in [-0.2, -0.15) is 13.2 Å². The topological polar surface area (TPSA) is 63.5 Å². The van der Waals surface area contributed by atoms with Gasteiger partial charge >= 0.3 is 35.7 Å². The van der Waals surface area contributed by atoms with E-state index in [4.69, 9.17) is 21.1 Å². The number of fused-ring (bicyclic) bond motifs is 1. The van der Waals surface area contributed by atoms with Crippen molar-refractivity contribution in [3.05, 3.63) is 88.6 Å². The maximum Gasteiger partial charge on any atom is 1.00 e. The number of halogens is 4. The molecule has 0 bridgehead atoms. The number of aromatic nitrogens is 1. The number of alkyl halides is 3. The molecule has 0 spiro atoms. The molecule has 1 aromatic heterocycles. The van der Waals surface area contributed by atoms with E-state index in [1.807, 2.05) is 0 Å². The third kappa shape index (κ3) is 6.62. The number of ether oxygens (including phenoxy) is 2. The number of carboxylic acid groups (broad SMARTS) is 1. The molecular weight excluding hydrogens is 518 g/mol. The molecule has 10 heteroatoms. The Balaban J connectivity index is 0.00000380. The zero-order valence-corrected chi connectivity index (χ0v) is 23.2. The Bertz CT molecular complexity index is 1400. The minimum absolute atomic E-state index is 0. The van der Waals surface area contributed by atoms with E-state index in [1.54, 1.807) is 66.9 Å². The monoisotopic (exact) mass is 539 g/mol. The van der Waals surface area contributed by atoms with Crippen LogP contribution in [0.1, 0.15) is 30.2 Å². The normalized spacial score (nSPS) is 12.2. The summed E-state index contributed by atoms with van der Waals surface area (Å²) in [6.45, 7) is 3.63. The summed E-state index contributed by atoms with van der Waals surface area (Å²) in [7, 11) is 0. The molecule has 0 saturated heterocycles. The maximum atomic E-state index is 13.5. The Hall–Kier alpha value is -2.65. The van der Waals surface area contributed by atoms with E-state index in [0.717, 1.165) is 12.1 Å². The molecule has 3 aromatic carbocycles. The fourth-order valence-corrected chi connectivity index (χ4v) is 4.06. The second-order valence-electron chi connectivity index (χ2n) is 8.27. The van der Waals surface area contributed by atoms with Crippen LogP contribution in [0.4, 0.5) is 13.2 Å². The van der Waals surface area contributed by atoms with Gasteiger partial charge in [0, 0.05) is 17.0 Å². The number of hydrogen-bond donors (Lipinski definition) is 0. The molecule has 188 valence electrons. The zero-order chi connectivity index (χ0) is 26.0. The van der Waals surface area contributed by atoms with Crippen LogP contribution < -0.4 is 44.1 Å². The van der Waals surface area contributed by atoms with Gasteiger partial charge in [-0.15, -0.1) is 0 Å². The second kappa shape index (κ2) is 11.8. The van der Waals surface area contributed by atoms with E-state index in [-0.39, 0.29) is 42.5 Å². The van der Waals surface area contributed by atoms with Crippen LogP contribution in [0.15, 0.2) is 66.7 Å². The van der Waals surface area contributed by atoms with Crippen molar-refractivity contribution in [3.8, 4) is 17.2 Å². The zero-order valence-electron chi connectivity index (χ0n) is 20.4. The third-order valence-electron chi connectivity index (χ3n) is 5.78.